The first-order valence-corrected chi connectivity index (χ1v) is 5.62. The minimum atomic E-state index is 0.641. The largest absolute Gasteiger partial charge is 0.383 e. The Hall–Kier alpha value is -1.13. The summed E-state index contributed by atoms with van der Waals surface area (Å²) in [4.78, 5) is 8.56. The standard InChI is InChI=1S/C12H22N4/c1-15(2)8-5-9-16(3)10-11-6-4-7-14-12(11)13/h4,6-7H,5,8-10H2,1-3H3,(H2,13,14). The van der Waals surface area contributed by atoms with E-state index in [9.17, 15) is 0 Å². The zero-order chi connectivity index (χ0) is 12.0. The van der Waals surface area contributed by atoms with Gasteiger partial charge in [0.1, 0.15) is 5.82 Å². The molecule has 0 atom stereocenters. The molecule has 1 aromatic rings. The monoisotopic (exact) mass is 222 g/mol. The van der Waals surface area contributed by atoms with E-state index in [1.807, 2.05) is 12.1 Å². The lowest BCUT2D eigenvalue weighted by Gasteiger charge is -2.18. The topological polar surface area (TPSA) is 45.4 Å². The van der Waals surface area contributed by atoms with Crippen molar-refractivity contribution in [1.82, 2.24) is 14.8 Å². The van der Waals surface area contributed by atoms with Gasteiger partial charge in [-0.15, -0.1) is 0 Å². The molecule has 1 heterocycles. The molecule has 0 aliphatic carbocycles. The second kappa shape index (κ2) is 6.45. The van der Waals surface area contributed by atoms with Gasteiger partial charge >= 0.3 is 0 Å². The van der Waals surface area contributed by atoms with Gasteiger partial charge in [-0.25, -0.2) is 4.98 Å². The van der Waals surface area contributed by atoms with Crippen molar-refractivity contribution in [3.8, 4) is 0 Å². The summed E-state index contributed by atoms with van der Waals surface area (Å²) in [6.07, 6.45) is 2.90. The van der Waals surface area contributed by atoms with Crippen LogP contribution in [-0.2, 0) is 6.54 Å². The third kappa shape index (κ3) is 4.59. The first-order chi connectivity index (χ1) is 7.59. The van der Waals surface area contributed by atoms with Crippen molar-refractivity contribution in [2.24, 2.45) is 0 Å². The van der Waals surface area contributed by atoms with E-state index in [1.165, 1.54) is 6.42 Å². The summed E-state index contributed by atoms with van der Waals surface area (Å²) in [6, 6.07) is 3.96. The molecule has 0 amide bonds. The maximum atomic E-state index is 5.80. The molecule has 1 rings (SSSR count). The van der Waals surface area contributed by atoms with Crippen LogP contribution in [-0.4, -0.2) is 49.0 Å². The van der Waals surface area contributed by atoms with Crippen LogP contribution in [0.1, 0.15) is 12.0 Å². The van der Waals surface area contributed by atoms with Crippen LogP contribution in [0.15, 0.2) is 18.3 Å². The zero-order valence-corrected chi connectivity index (χ0v) is 10.5. The van der Waals surface area contributed by atoms with Gasteiger partial charge in [0.2, 0.25) is 0 Å². The molecule has 0 saturated heterocycles. The number of hydrogen-bond donors (Lipinski definition) is 1. The number of aromatic nitrogens is 1. The van der Waals surface area contributed by atoms with Crippen LogP contribution >= 0.6 is 0 Å². The number of nitrogen functional groups attached to an aromatic ring is 1. The number of nitrogens with zero attached hydrogens (tertiary/aromatic N) is 3. The first-order valence-electron chi connectivity index (χ1n) is 5.62. The second-order valence-corrected chi connectivity index (χ2v) is 4.44. The molecule has 0 spiro atoms. The number of hydrogen-bond acceptors (Lipinski definition) is 4. The summed E-state index contributed by atoms with van der Waals surface area (Å²) in [5.41, 5.74) is 6.91. The molecule has 0 radical (unpaired) electrons. The van der Waals surface area contributed by atoms with E-state index in [-0.39, 0.29) is 0 Å². The van der Waals surface area contributed by atoms with Gasteiger partial charge in [-0.1, -0.05) is 6.07 Å². The third-order valence-electron chi connectivity index (χ3n) is 2.51. The van der Waals surface area contributed by atoms with Gasteiger partial charge in [-0.05, 0) is 46.7 Å². The molecular weight excluding hydrogens is 200 g/mol. The molecule has 4 nitrogen and oxygen atoms in total. The number of pyridine rings is 1. The lowest BCUT2D eigenvalue weighted by atomic mass is 10.2. The molecule has 2 N–H and O–H groups in total. The number of nitrogens with two attached hydrogens (primary N) is 1. The van der Waals surface area contributed by atoms with E-state index in [2.05, 4.69) is 35.9 Å². The van der Waals surface area contributed by atoms with Gasteiger partial charge in [-0.2, -0.15) is 0 Å². The number of anilines is 1. The lowest BCUT2D eigenvalue weighted by molar-refractivity contribution is 0.295. The Balaban J connectivity index is 2.34. The normalized spacial score (nSPS) is 11.3. The SMILES string of the molecule is CN(C)CCCN(C)Cc1cccnc1N. The van der Waals surface area contributed by atoms with Crippen molar-refractivity contribution >= 4 is 5.82 Å². The molecule has 0 bridgehead atoms. The predicted molar refractivity (Wildman–Crippen MR) is 68.2 cm³/mol. The molecule has 16 heavy (non-hydrogen) atoms. The van der Waals surface area contributed by atoms with Crippen LogP contribution < -0.4 is 5.73 Å². The summed E-state index contributed by atoms with van der Waals surface area (Å²) >= 11 is 0. The molecule has 0 aromatic carbocycles. The fraction of sp³-hybridized carbons (Fsp3) is 0.583. The van der Waals surface area contributed by atoms with Crippen molar-refractivity contribution in [3.63, 3.8) is 0 Å². The lowest BCUT2D eigenvalue weighted by Crippen LogP contribution is -2.23. The molecule has 90 valence electrons. The Morgan fingerprint density at radius 1 is 1.25 bits per heavy atom. The van der Waals surface area contributed by atoms with E-state index < -0.39 is 0 Å². The maximum absolute atomic E-state index is 5.80. The van der Waals surface area contributed by atoms with Crippen LogP contribution in [0.25, 0.3) is 0 Å². The van der Waals surface area contributed by atoms with Gasteiger partial charge in [0.05, 0.1) is 0 Å². The molecule has 4 heteroatoms. The van der Waals surface area contributed by atoms with Crippen molar-refractivity contribution < 1.29 is 0 Å². The second-order valence-electron chi connectivity index (χ2n) is 4.44. The van der Waals surface area contributed by atoms with Crippen molar-refractivity contribution in [2.75, 3.05) is 40.0 Å². The molecule has 0 unspecified atom stereocenters. The smallest absolute Gasteiger partial charge is 0.127 e. The highest BCUT2D eigenvalue weighted by Crippen LogP contribution is 2.09. The average molecular weight is 222 g/mol. The van der Waals surface area contributed by atoms with E-state index >= 15 is 0 Å². The summed E-state index contributed by atoms with van der Waals surface area (Å²) in [7, 11) is 6.31. The summed E-state index contributed by atoms with van der Waals surface area (Å²) in [5, 5.41) is 0. The zero-order valence-electron chi connectivity index (χ0n) is 10.5. The van der Waals surface area contributed by atoms with Crippen molar-refractivity contribution in [2.45, 2.75) is 13.0 Å². The van der Waals surface area contributed by atoms with Gasteiger partial charge in [0, 0.05) is 18.3 Å². The molecule has 0 aliphatic rings. The Morgan fingerprint density at radius 2 is 2.00 bits per heavy atom. The van der Waals surface area contributed by atoms with E-state index in [4.69, 9.17) is 5.73 Å². The Morgan fingerprint density at radius 3 is 2.62 bits per heavy atom. The predicted octanol–water partition coefficient (Wildman–Crippen LogP) is 1.05. The van der Waals surface area contributed by atoms with Crippen LogP contribution in [0.4, 0.5) is 5.82 Å². The van der Waals surface area contributed by atoms with Crippen LogP contribution in [0, 0.1) is 0 Å². The highest BCUT2D eigenvalue weighted by molar-refractivity contribution is 5.38. The van der Waals surface area contributed by atoms with Crippen molar-refractivity contribution in [3.05, 3.63) is 23.9 Å². The van der Waals surface area contributed by atoms with Crippen LogP contribution in [0.3, 0.4) is 0 Å². The first kappa shape index (κ1) is 12.9. The fourth-order valence-electron chi connectivity index (χ4n) is 1.61. The summed E-state index contributed by atoms with van der Waals surface area (Å²) in [6.45, 7) is 3.06. The Labute approximate surface area is 98.1 Å². The maximum Gasteiger partial charge on any atom is 0.127 e. The van der Waals surface area contributed by atoms with Crippen LogP contribution in [0.2, 0.25) is 0 Å². The van der Waals surface area contributed by atoms with E-state index in [0.717, 1.165) is 25.2 Å². The van der Waals surface area contributed by atoms with Gasteiger partial charge in [0.15, 0.2) is 0 Å². The average Bonchev–Trinajstić information content (AvgIpc) is 2.21. The van der Waals surface area contributed by atoms with Crippen molar-refractivity contribution in [1.29, 1.82) is 0 Å². The van der Waals surface area contributed by atoms with Gasteiger partial charge in [0.25, 0.3) is 0 Å². The van der Waals surface area contributed by atoms with Gasteiger partial charge < -0.3 is 15.5 Å². The fourth-order valence-corrected chi connectivity index (χ4v) is 1.61. The quantitative estimate of drug-likeness (QED) is 0.781. The molecule has 0 fully saturated rings. The van der Waals surface area contributed by atoms with E-state index in [1.54, 1.807) is 6.20 Å². The molecule has 0 saturated carbocycles. The third-order valence-corrected chi connectivity index (χ3v) is 2.51. The Kier molecular flexibility index (Phi) is 5.22. The van der Waals surface area contributed by atoms with E-state index in [0.29, 0.717) is 5.82 Å². The van der Waals surface area contributed by atoms with Crippen LogP contribution in [0.5, 0.6) is 0 Å². The number of rotatable bonds is 6. The Bertz CT molecular complexity index is 312. The summed E-state index contributed by atoms with van der Waals surface area (Å²) < 4.78 is 0. The molecule has 1 aromatic heterocycles. The summed E-state index contributed by atoms with van der Waals surface area (Å²) in [5.74, 6) is 0.641. The minimum absolute atomic E-state index is 0.641. The molecular formula is C12H22N4. The van der Waals surface area contributed by atoms with Gasteiger partial charge in [-0.3, -0.25) is 0 Å². The molecule has 0 aliphatic heterocycles. The minimum Gasteiger partial charge on any atom is -0.383 e. The highest BCUT2D eigenvalue weighted by Gasteiger charge is 2.03. The highest BCUT2D eigenvalue weighted by atomic mass is 15.1.